The fourth-order valence-corrected chi connectivity index (χ4v) is 1.33. The molecule has 1 aromatic carbocycles. The van der Waals surface area contributed by atoms with Gasteiger partial charge in [-0.1, -0.05) is 0 Å². The highest BCUT2D eigenvalue weighted by molar-refractivity contribution is 5.76. The van der Waals surface area contributed by atoms with Gasteiger partial charge < -0.3 is 20.7 Å². The quantitative estimate of drug-likeness (QED) is 0.705. The van der Waals surface area contributed by atoms with Crippen molar-refractivity contribution in [3.05, 3.63) is 23.5 Å². The van der Waals surface area contributed by atoms with Gasteiger partial charge in [0.15, 0.2) is 17.3 Å². The Morgan fingerprint density at radius 2 is 2.25 bits per heavy atom. The Morgan fingerprint density at radius 1 is 1.62 bits per heavy atom. The predicted octanol–water partition coefficient (Wildman–Crippen LogP) is 0.667. The minimum atomic E-state index is -1.16. The summed E-state index contributed by atoms with van der Waals surface area (Å²) in [5.74, 6) is -3.88. The van der Waals surface area contributed by atoms with E-state index in [-0.39, 0.29) is 17.9 Å². The Labute approximate surface area is 91.3 Å². The molecule has 0 aliphatic rings. The normalized spacial score (nSPS) is 12.2. The van der Waals surface area contributed by atoms with E-state index in [2.05, 4.69) is 0 Å². The zero-order valence-electron chi connectivity index (χ0n) is 8.61. The first-order chi connectivity index (χ1) is 7.51. The highest BCUT2D eigenvalue weighted by atomic mass is 19.1. The van der Waals surface area contributed by atoms with Gasteiger partial charge in [-0.2, -0.15) is 0 Å². The molecular formula is C10H12FNO4. The number of aromatic hydroxyl groups is 1. The van der Waals surface area contributed by atoms with Crippen LogP contribution in [-0.2, 0) is 4.79 Å². The van der Waals surface area contributed by atoms with Crippen molar-refractivity contribution in [2.24, 2.45) is 5.73 Å². The number of benzene rings is 1. The summed E-state index contributed by atoms with van der Waals surface area (Å²) >= 11 is 0. The summed E-state index contributed by atoms with van der Waals surface area (Å²) in [7, 11) is 1.25. The number of carboxylic acids is 1. The summed E-state index contributed by atoms with van der Waals surface area (Å²) in [5, 5.41) is 18.1. The maximum absolute atomic E-state index is 13.2. The van der Waals surface area contributed by atoms with Crippen molar-refractivity contribution in [2.75, 3.05) is 13.7 Å². The number of nitrogens with two attached hydrogens (primary N) is 1. The molecule has 1 unspecified atom stereocenters. The molecule has 0 aliphatic heterocycles. The third kappa shape index (κ3) is 2.22. The number of phenols is 1. The Hall–Kier alpha value is -1.82. The summed E-state index contributed by atoms with van der Waals surface area (Å²) < 4.78 is 17.9. The van der Waals surface area contributed by atoms with Gasteiger partial charge in [0.25, 0.3) is 0 Å². The Kier molecular flexibility index (Phi) is 3.68. The second-order valence-electron chi connectivity index (χ2n) is 3.18. The number of halogens is 1. The number of hydrogen-bond donors (Lipinski definition) is 3. The van der Waals surface area contributed by atoms with Crippen molar-refractivity contribution in [3.8, 4) is 11.5 Å². The third-order valence-corrected chi connectivity index (χ3v) is 2.21. The van der Waals surface area contributed by atoms with Crippen LogP contribution in [0.2, 0.25) is 0 Å². The van der Waals surface area contributed by atoms with E-state index < -0.39 is 23.5 Å². The van der Waals surface area contributed by atoms with Gasteiger partial charge in [-0.25, -0.2) is 4.39 Å². The molecule has 0 fully saturated rings. The molecule has 16 heavy (non-hydrogen) atoms. The molecule has 0 heterocycles. The molecule has 0 saturated heterocycles. The van der Waals surface area contributed by atoms with E-state index in [0.29, 0.717) is 0 Å². The summed E-state index contributed by atoms with van der Waals surface area (Å²) in [6, 6.07) is 2.19. The van der Waals surface area contributed by atoms with Crippen LogP contribution in [0.4, 0.5) is 4.39 Å². The molecule has 0 aliphatic carbocycles. The molecule has 0 spiro atoms. The largest absolute Gasteiger partial charge is 0.502 e. The number of carboxylic acid groups (broad SMARTS) is 1. The standard InChI is InChI=1S/C10H12FNO4/c1-16-8-3-5(2-7(11)9(8)13)6(4-12)10(14)15/h2-3,6,13H,4,12H2,1H3,(H,14,15). The molecule has 0 aromatic heterocycles. The lowest BCUT2D eigenvalue weighted by molar-refractivity contribution is -0.138. The van der Waals surface area contributed by atoms with E-state index in [0.717, 1.165) is 6.07 Å². The SMILES string of the molecule is COc1cc(C(CN)C(=O)O)cc(F)c1O. The smallest absolute Gasteiger partial charge is 0.312 e. The second kappa shape index (κ2) is 4.80. The van der Waals surface area contributed by atoms with E-state index in [1.165, 1.54) is 13.2 Å². The lowest BCUT2D eigenvalue weighted by atomic mass is 9.99. The second-order valence-corrected chi connectivity index (χ2v) is 3.18. The van der Waals surface area contributed by atoms with E-state index in [1.54, 1.807) is 0 Å². The summed E-state index contributed by atoms with van der Waals surface area (Å²) in [6.07, 6.45) is 0. The van der Waals surface area contributed by atoms with Crippen molar-refractivity contribution in [3.63, 3.8) is 0 Å². The van der Waals surface area contributed by atoms with Crippen molar-refractivity contribution in [2.45, 2.75) is 5.92 Å². The average molecular weight is 229 g/mol. The molecule has 4 N–H and O–H groups in total. The van der Waals surface area contributed by atoms with Gasteiger partial charge in [-0.15, -0.1) is 0 Å². The van der Waals surface area contributed by atoms with Gasteiger partial charge >= 0.3 is 5.97 Å². The fraction of sp³-hybridized carbons (Fsp3) is 0.300. The Morgan fingerprint density at radius 3 is 2.69 bits per heavy atom. The zero-order valence-corrected chi connectivity index (χ0v) is 8.61. The maximum Gasteiger partial charge on any atom is 0.312 e. The lowest BCUT2D eigenvalue weighted by Gasteiger charge is -2.12. The lowest BCUT2D eigenvalue weighted by Crippen LogP contribution is -2.21. The number of methoxy groups -OCH3 is 1. The van der Waals surface area contributed by atoms with E-state index >= 15 is 0 Å². The number of hydrogen-bond acceptors (Lipinski definition) is 4. The predicted molar refractivity (Wildman–Crippen MR) is 54.0 cm³/mol. The summed E-state index contributed by atoms with van der Waals surface area (Å²) in [5.41, 5.74) is 5.43. The first kappa shape index (κ1) is 12.3. The molecule has 0 bridgehead atoms. The van der Waals surface area contributed by atoms with Crippen molar-refractivity contribution in [1.82, 2.24) is 0 Å². The molecule has 1 atom stereocenters. The Bertz CT molecular complexity index is 408. The first-order valence-electron chi connectivity index (χ1n) is 4.50. The summed E-state index contributed by atoms with van der Waals surface area (Å²) in [6.45, 7) is -0.164. The molecular weight excluding hydrogens is 217 g/mol. The van der Waals surface area contributed by atoms with Gasteiger partial charge in [0, 0.05) is 6.54 Å². The molecule has 5 nitrogen and oxygen atoms in total. The van der Waals surface area contributed by atoms with Crippen LogP contribution in [0.5, 0.6) is 11.5 Å². The van der Waals surface area contributed by atoms with Gasteiger partial charge in [-0.05, 0) is 17.7 Å². The van der Waals surface area contributed by atoms with E-state index in [4.69, 9.17) is 15.6 Å². The number of aliphatic carboxylic acids is 1. The third-order valence-electron chi connectivity index (χ3n) is 2.21. The van der Waals surface area contributed by atoms with Gasteiger partial charge in [0.05, 0.1) is 13.0 Å². The molecule has 1 aromatic rings. The highest BCUT2D eigenvalue weighted by Crippen LogP contribution is 2.32. The monoisotopic (exact) mass is 229 g/mol. The molecule has 0 radical (unpaired) electrons. The molecule has 0 saturated carbocycles. The number of carbonyl (C=O) groups is 1. The average Bonchev–Trinajstić information content (AvgIpc) is 2.23. The molecule has 0 amide bonds. The number of ether oxygens (including phenoxy) is 1. The van der Waals surface area contributed by atoms with E-state index in [9.17, 15) is 14.3 Å². The van der Waals surface area contributed by atoms with Crippen LogP contribution in [0.1, 0.15) is 11.5 Å². The minimum absolute atomic E-state index is 0.116. The highest BCUT2D eigenvalue weighted by Gasteiger charge is 2.21. The van der Waals surface area contributed by atoms with E-state index in [1.807, 2.05) is 0 Å². The maximum atomic E-state index is 13.2. The van der Waals surface area contributed by atoms with Gasteiger partial charge in [0.1, 0.15) is 0 Å². The number of phenolic OH excluding ortho intramolecular Hbond substituents is 1. The number of rotatable bonds is 4. The van der Waals surface area contributed by atoms with Crippen LogP contribution >= 0.6 is 0 Å². The molecule has 1 rings (SSSR count). The van der Waals surface area contributed by atoms with Crippen LogP contribution < -0.4 is 10.5 Å². The first-order valence-corrected chi connectivity index (χ1v) is 4.50. The fourth-order valence-electron chi connectivity index (χ4n) is 1.33. The summed E-state index contributed by atoms with van der Waals surface area (Å²) in [4.78, 5) is 10.8. The van der Waals surface area contributed by atoms with Crippen LogP contribution in [0.15, 0.2) is 12.1 Å². The van der Waals surface area contributed by atoms with Crippen molar-refractivity contribution < 1.29 is 24.1 Å². The van der Waals surface area contributed by atoms with Crippen molar-refractivity contribution in [1.29, 1.82) is 0 Å². The zero-order chi connectivity index (χ0) is 12.3. The molecule has 6 heteroatoms. The van der Waals surface area contributed by atoms with Crippen LogP contribution in [-0.4, -0.2) is 29.8 Å². The van der Waals surface area contributed by atoms with Gasteiger partial charge in [-0.3, -0.25) is 4.79 Å². The van der Waals surface area contributed by atoms with Gasteiger partial charge in [0.2, 0.25) is 0 Å². The molecule has 88 valence electrons. The Balaban J connectivity index is 3.24. The van der Waals surface area contributed by atoms with Crippen LogP contribution in [0, 0.1) is 5.82 Å². The van der Waals surface area contributed by atoms with Crippen molar-refractivity contribution >= 4 is 5.97 Å². The van der Waals surface area contributed by atoms with Crippen LogP contribution in [0.25, 0.3) is 0 Å². The van der Waals surface area contributed by atoms with Crippen LogP contribution in [0.3, 0.4) is 0 Å². The minimum Gasteiger partial charge on any atom is -0.502 e. The topological polar surface area (TPSA) is 92.8 Å².